The highest BCUT2D eigenvalue weighted by molar-refractivity contribution is 6.32. The van der Waals surface area contributed by atoms with E-state index in [0.717, 1.165) is 38.5 Å². The molecule has 186 valence electrons. The second-order valence-corrected chi connectivity index (χ2v) is 11.9. The minimum Gasteiger partial charge on any atom is -0.455 e. The van der Waals surface area contributed by atoms with Crippen LogP contribution < -0.4 is 0 Å². The van der Waals surface area contributed by atoms with E-state index in [1.807, 2.05) is 20.8 Å². The molecule has 0 saturated heterocycles. The van der Waals surface area contributed by atoms with Gasteiger partial charge in [0.2, 0.25) is 0 Å². The maximum absolute atomic E-state index is 12.7. The van der Waals surface area contributed by atoms with Crippen molar-refractivity contribution in [2.45, 2.75) is 105 Å². The summed E-state index contributed by atoms with van der Waals surface area (Å²) in [4.78, 5) is 26.8. The van der Waals surface area contributed by atoms with Gasteiger partial charge in [-0.05, 0) is 100 Å². The lowest BCUT2D eigenvalue weighted by Crippen LogP contribution is -2.51. The molecule has 5 heteroatoms. The number of esters is 1. The fraction of sp³-hybridized carbons (Fsp3) is 0.857. The van der Waals surface area contributed by atoms with Gasteiger partial charge in [-0.2, -0.15) is 0 Å². The van der Waals surface area contributed by atoms with E-state index in [-0.39, 0.29) is 23.0 Å². The Bertz CT molecular complexity index is 793. The van der Waals surface area contributed by atoms with Crippen LogP contribution >= 0.6 is 0 Å². The highest BCUT2D eigenvalue weighted by Crippen LogP contribution is 2.66. The highest BCUT2D eigenvalue weighted by atomic mass is 16.5. The number of fused-ring (bicyclic) bond motifs is 5. The molecule has 0 unspecified atom stereocenters. The minimum absolute atomic E-state index is 0.160. The van der Waals surface area contributed by atoms with Crippen molar-refractivity contribution in [3.8, 4) is 0 Å². The molecule has 0 aromatic heterocycles. The molecule has 3 fully saturated rings. The number of aliphatic hydroxyl groups excluding tert-OH is 1. The molecule has 8 atom stereocenters. The summed E-state index contributed by atoms with van der Waals surface area (Å²) in [6.07, 6.45) is 11.6. The summed E-state index contributed by atoms with van der Waals surface area (Å²) in [5.74, 6) is 1.17. The van der Waals surface area contributed by atoms with Crippen LogP contribution in [0.2, 0.25) is 0 Å². The summed E-state index contributed by atoms with van der Waals surface area (Å²) >= 11 is 0. The van der Waals surface area contributed by atoms with Crippen molar-refractivity contribution in [3.05, 3.63) is 11.6 Å². The van der Waals surface area contributed by atoms with Crippen LogP contribution in [0.5, 0.6) is 0 Å². The largest absolute Gasteiger partial charge is 0.455 e. The van der Waals surface area contributed by atoms with Crippen LogP contribution in [0.15, 0.2) is 11.6 Å². The van der Waals surface area contributed by atoms with E-state index >= 15 is 0 Å². The zero-order chi connectivity index (χ0) is 24.0. The average Bonchev–Trinajstić information content (AvgIpc) is 3.14. The molecule has 0 aromatic carbocycles. The fourth-order valence-corrected chi connectivity index (χ4v) is 8.56. The number of likely N-dealkylation sites (N-methyl/N-ethyl adjacent to an activating group) is 1. The van der Waals surface area contributed by atoms with E-state index in [4.69, 9.17) is 4.74 Å². The Hall–Kier alpha value is -1.36. The molecule has 0 aromatic rings. The lowest BCUT2D eigenvalue weighted by Gasteiger charge is -2.58. The first kappa shape index (κ1) is 24.8. The van der Waals surface area contributed by atoms with Gasteiger partial charge in [0.15, 0.2) is 0 Å². The number of allylic oxidation sites excluding steroid dienone is 1. The minimum atomic E-state index is -0.683. The predicted octanol–water partition coefficient (Wildman–Crippen LogP) is 5.12. The Morgan fingerprint density at radius 2 is 1.91 bits per heavy atom. The second-order valence-electron chi connectivity index (χ2n) is 11.9. The smallest absolute Gasteiger partial charge is 0.397 e. The molecule has 1 N–H and O–H groups in total. The quantitative estimate of drug-likeness (QED) is 0.352. The van der Waals surface area contributed by atoms with E-state index in [0.29, 0.717) is 36.8 Å². The van der Waals surface area contributed by atoms with Crippen molar-refractivity contribution >= 4 is 11.9 Å². The molecule has 0 heterocycles. The monoisotopic (exact) mass is 459 g/mol. The molecule has 4 aliphatic carbocycles. The fourth-order valence-electron chi connectivity index (χ4n) is 8.56. The molecule has 33 heavy (non-hydrogen) atoms. The van der Waals surface area contributed by atoms with Crippen molar-refractivity contribution in [2.24, 2.45) is 34.5 Å². The van der Waals surface area contributed by atoms with Crippen LogP contribution in [-0.2, 0) is 14.3 Å². The standard InChI is InChI=1S/C28H45NO4/c1-6-16-29(7-2)25(31)26(32)33-18(3)22-10-11-23-21-9-8-19-17-20(30)12-14-27(19,4)24(21)13-15-28(22,23)5/h8,18,20-24,30H,6-7,9-17H2,1-5H3/t18-,20-,21-,22+,23-,24-,27-,28+/m0/s1. The number of aliphatic hydroxyl groups is 1. The summed E-state index contributed by atoms with van der Waals surface area (Å²) in [5, 5.41) is 10.2. The number of rotatable bonds is 5. The van der Waals surface area contributed by atoms with E-state index < -0.39 is 11.9 Å². The molecule has 5 nitrogen and oxygen atoms in total. The number of carbonyl (C=O) groups excluding carboxylic acids is 2. The highest BCUT2D eigenvalue weighted by Gasteiger charge is 2.59. The van der Waals surface area contributed by atoms with Crippen molar-refractivity contribution in [1.82, 2.24) is 4.90 Å². The number of nitrogens with zero attached hydrogens (tertiary/aromatic N) is 1. The normalized spacial score (nSPS) is 40.7. The molecule has 3 saturated carbocycles. The van der Waals surface area contributed by atoms with Crippen LogP contribution in [0.3, 0.4) is 0 Å². The van der Waals surface area contributed by atoms with E-state index in [1.54, 1.807) is 4.90 Å². The number of carbonyl (C=O) groups is 2. The van der Waals surface area contributed by atoms with Crippen LogP contribution in [0, 0.1) is 34.5 Å². The van der Waals surface area contributed by atoms with Gasteiger partial charge >= 0.3 is 11.9 Å². The zero-order valence-electron chi connectivity index (χ0n) is 21.4. The van der Waals surface area contributed by atoms with Gasteiger partial charge in [-0.15, -0.1) is 0 Å². The molecular weight excluding hydrogens is 414 g/mol. The first-order valence-electron chi connectivity index (χ1n) is 13.5. The zero-order valence-corrected chi connectivity index (χ0v) is 21.4. The Morgan fingerprint density at radius 1 is 1.15 bits per heavy atom. The van der Waals surface area contributed by atoms with Gasteiger partial charge in [-0.3, -0.25) is 4.79 Å². The van der Waals surface area contributed by atoms with Crippen LogP contribution in [0.25, 0.3) is 0 Å². The van der Waals surface area contributed by atoms with Crippen molar-refractivity contribution in [3.63, 3.8) is 0 Å². The van der Waals surface area contributed by atoms with Gasteiger partial charge < -0.3 is 14.7 Å². The van der Waals surface area contributed by atoms with E-state index in [9.17, 15) is 14.7 Å². The van der Waals surface area contributed by atoms with Gasteiger partial charge in [-0.25, -0.2) is 4.79 Å². The third-order valence-corrected chi connectivity index (χ3v) is 10.3. The summed E-state index contributed by atoms with van der Waals surface area (Å²) in [6, 6.07) is 0. The van der Waals surface area contributed by atoms with Crippen LogP contribution in [0.4, 0.5) is 0 Å². The first-order chi connectivity index (χ1) is 15.7. The number of hydrogen-bond donors (Lipinski definition) is 1. The van der Waals surface area contributed by atoms with Crippen LogP contribution in [0.1, 0.15) is 92.4 Å². The van der Waals surface area contributed by atoms with E-state index in [1.165, 1.54) is 24.8 Å². The summed E-state index contributed by atoms with van der Waals surface area (Å²) in [5.41, 5.74) is 1.91. The van der Waals surface area contributed by atoms with Gasteiger partial charge in [0.25, 0.3) is 0 Å². The maximum Gasteiger partial charge on any atom is 0.397 e. The lowest BCUT2D eigenvalue weighted by atomic mass is 9.47. The molecule has 0 bridgehead atoms. The topological polar surface area (TPSA) is 66.8 Å². The molecule has 4 aliphatic rings. The molecule has 0 aliphatic heterocycles. The van der Waals surface area contributed by atoms with Crippen LogP contribution in [-0.4, -0.2) is 47.2 Å². The third kappa shape index (κ3) is 4.17. The van der Waals surface area contributed by atoms with Gasteiger partial charge in [0.1, 0.15) is 6.10 Å². The second kappa shape index (κ2) is 9.36. The third-order valence-electron chi connectivity index (χ3n) is 10.3. The molecule has 4 rings (SSSR count). The summed E-state index contributed by atoms with van der Waals surface area (Å²) in [7, 11) is 0. The molecule has 1 amide bonds. The predicted molar refractivity (Wildman–Crippen MR) is 129 cm³/mol. The lowest BCUT2D eigenvalue weighted by molar-refractivity contribution is -0.167. The number of amides is 1. The number of ether oxygens (including phenoxy) is 1. The summed E-state index contributed by atoms with van der Waals surface area (Å²) < 4.78 is 5.82. The molecule has 0 spiro atoms. The Labute approximate surface area is 200 Å². The SMILES string of the molecule is CCCN(CC)C(=O)C(=O)O[C@@H](C)[C@H]1CC[C@H]2[C@@H]3CC=C4C[C@@H](O)CC[C@]4(C)[C@H]3CC[C@]12C. The van der Waals surface area contributed by atoms with Crippen molar-refractivity contribution in [1.29, 1.82) is 0 Å². The molecular formula is C28H45NO4. The van der Waals surface area contributed by atoms with Crippen molar-refractivity contribution < 1.29 is 19.4 Å². The first-order valence-corrected chi connectivity index (χ1v) is 13.5. The Morgan fingerprint density at radius 3 is 2.61 bits per heavy atom. The van der Waals surface area contributed by atoms with Crippen molar-refractivity contribution in [2.75, 3.05) is 13.1 Å². The molecule has 0 radical (unpaired) electrons. The Balaban J connectivity index is 1.46. The van der Waals surface area contributed by atoms with Gasteiger partial charge in [-0.1, -0.05) is 32.4 Å². The van der Waals surface area contributed by atoms with Gasteiger partial charge in [0.05, 0.1) is 6.10 Å². The van der Waals surface area contributed by atoms with E-state index in [2.05, 4.69) is 19.9 Å². The van der Waals surface area contributed by atoms with Gasteiger partial charge in [0, 0.05) is 19.0 Å². The Kier molecular flexibility index (Phi) is 7.02. The maximum atomic E-state index is 12.7. The summed E-state index contributed by atoms with van der Waals surface area (Å²) in [6.45, 7) is 11.9. The average molecular weight is 460 g/mol. The number of hydrogen-bond acceptors (Lipinski definition) is 4.